The Labute approximate surface area is 175 Å². The fraction of sp³-hybridized carbons (Fsp3) is 0.208. The lowest BCUT2D eigenvalue weighted by Gasteiger charge is -2.22. The lowest BCUT2D eigenvalue weighted by Crippen LogP contribution is -2.25. The molecule has 0 fully saturated rings. The molecule has 3 aromatic carbocycles. The summed E-state index contributed by atoms with van der Waals surface area (Å²) in [6.07, 6.45) is 0.101. The third-order valence-electron chi connectivity index (χ3n) is 4.47. The Balaban J connectivity index is 1.73. The summed E-state index contributed by atoms with van der Waals surface area (Å²) < 4.78 is 13.4. The molecule has 29 heavy (non-hydrogen) atoms. The van der Waals surface area contributed by atoms with Gasteiger partial charge in [-0.05, 0) is 48.4 Å². The van der Waals surface area contributed by atoms with Gasteiger partial charge in [-0.2, -0.15) is 0 Å². The minimum atomic E-state index is -0.797. The molecule has 0 saturated heterocycles. The molecule has 1 N–H and O–H groups in total. The van der Waals surface area contributed by atoms with Crippen LogP contribution in [-0.2, 0) is 17.9 Å². The van der Waals surface area contributed by atoms with Gasteiger partial charge < -0.3 is 5.11 Å². The van der Waals surface area contributed by atoms with Gasteiger partial charge in [0, 0.05) is 29.4 Å². The van der Waals surface area contributed by atoms with Crippen LogP contribution in [0.15, 0.2) is 82.6 Å². The number of nitrogens with zero attached hydrogens (tertiary/aromatic N) is 1. The third-order valence-corrected chi connectivity index (χ3v) is 5.45. The number of carboxylic acid groups (broad SMARTS) is 1. The first-order valence-corrected chi connectivity index (χ1v) is 10.3. The normalized spacial score (nSPS) is 11.0. The van der Waals surface area contributed by atoms with Gasteiger partial charge in [-0.25, -0.2) is 4.39 Å². The maximum absolute atomic E-state index is 13.4. The first-order valence-electron chi connectivity index (χ1n) is 9.50. The molecular weight excluding hydrogens is 385 g/mol. The standard InChI is InChI=1S/C24H24FNO2S/c1-18-5-2-6-19(13-18)16-26(12-11-24(27)28)17-20-7-3-9-22(14-20)29-23-10-4-8-21(25)15-23/h2-10,13-15H,11-12,16-17H2,1H3,(H,27,28). The molecule has 0 atom stereocenters. The predicted molar refractivity (Wildman–Crippen MR) is 115 cm³/mol. The van der Waals surface area contributed by atoms with Crippen molar-refractivity contribution in [1.82, 2.24) is 4.90 Å². The monoisotopic (exact) mass is 409 g/mol. The van der Waals surface area contributed by atoms with Crippen molar-refractivity contribution in [2.24, 2.45) is 0 Å². The first-order chi connectivity index (χ1) is 14.0. The van der Waals surface area contributed by atoms with E-state index in [0.29, 0.717) is 19.6 Å². The topological polar surface area (TPSA) is 40.5 Å². The van der Waals surface area contributed by atoms with Gasteiger partial charge in [0.1, 0.15) is 5.82 Å². The molecule has 0 heterocycles. The van der Waals surface area contributed by atoms with Gasteiger partial charge in [-0.1, -0.05) is 59.8 Å². The molecule has 0 amide bonds. The summed E-state index contributed by atoms with van der Waals surface area (Å²) in [6.45, 7) is 3.87. The van der Waals surface area contributed by atoms with Gasteiger partial charge in [0.2, 0.25) is 0 Å². The lowest BCUT2D eigenvalue weighted by atomic mass is 10.1. The van der Waals surface area contributed by atoms with Crippen LogP contribution in [0.3, 0.4) is 0 Å². The second-order valence-electron chi connectivity index (χ2n) is 7.05. The van der Waals surface area contributed by atoms with E-state index in [4.69, 9.17) is 5.11 Å². The van der Waals surface area contributed by atoms with Crippen molar-refractivity contribution < 1.29 is 14.3 Å². The Morgan fingerprint density at radius 1 is 0.931 bits per heavy atom. The van der Waals surface area contributed by atoms with Crippen molar-refractivity contribution in [2.75, 3.05) is 6.54 Å². The number of hydrogen-bond donors (Lipinski definition) is 1. The molecule has 3 nitrogen and oxygen atoms in total. The number of rotatable bonds is 9. The minimum absolute atomic E-state index is 0.101. The molecule has 0 radical (unpaired) electrons. The quantitative estimate of drug-likeness (QED) is 0.488. The maximum Gasteiger partial charge on any atom is 0.304 e. The van der Waals surface area contributed by atoms with E-state index in [1.165, 1.54) is 35.0 Å². The summed E-state index contributed by atoms with van der Waals surface area (Å²) in [5.41, 5.74) is 3.46. The molecule has 3 rings (SSSR count). The molecule has 0 aliphatic heterocycles. The van der Waals surface area contributed by atoms with E-state index in [0.717, 1.165) is 15.4 Å². The van der Waals surface area contributed by atoms with E-state index in [9.17, 15) is 9.18 Å². The Kier molecular flexibility index (Phi) is 7.44. The van der Waals surface area contributed by atoms with E-state index in [1.807, 2.05) is 30.3 Å². The zero-order chi connectivity index (χ0) is 20.6. The van der Waals surface area contributed by atoms with E-state index >= 15 is 0 Å². The predicted octanol–water partition coefficient (Wildman–Crippen LogP) is 5.76. The van der Waals surface area contributed by atoms with Crippen LogP contribution >= 0.6 is 11.8 Å². The van der Waals surface area contributed by atoms with Gasteiger partial charge in [0.25, 0.3) is 0 Å². The van der Waals surface area contributed by atoms with Crippen LogP contribution in [0, 0.1) is 12.7 Å². The van der Waals surface area contributed by atoms with Gasteiger partial charge >= 0.3 is 5.97 Å². The third kappa shape index (κ3) is 7.04. The van der Waals surface area contributed by atoms with Crippen molar-refractivity contribution >= 4 is 17.7 Å². The average molecular weight is 410 g/mol. The fourth-order valence-electron chi connectivity index (χ4n) is 3.17. The van der Waals surface area contributed by atoms with E-state index in [2.05, 4.69) is 36.1 Å². The molecule has 0 aliphatic rings. The van der Waals surface area contributed by atoms with Crippen molar-refractivity contribution in [1.29, 1.82) is 0 Å². The van der Waals surface area contributed by atoms with Crippen LogP contribution in [0.5, 0.6) is 0 Å². The number of hydrogen-bond acceptors (Lipinski definition) is 3. The summed E-state index contributed by atoms with van der Waals surface area (Å²) in [6, 6.07) is 22.9. The average Bonchev–Trinajstić information content (AvgIpc) is 2.66. The number of benzene rings is 3. The maximum atomic E-state index is 13.4. The highest BCUT2D eigenvalue weighted by Crippen LogP contribution is 2.29. The summed E-state index contributed by atoms with van der Waals surface area (Å²) >= 11 is 1.51. The van der Waals surface area contributed by atoms with Gasteiger partial charge in [0.05, 0.1) is 6.42 Å². The zero-order valence-corrected chi connectivity index (χ0v) is 17.2. The van der Waals surface area contributed by atoms with E-state index < -0.39 is 5.97 Å². The molecule has 0 bridgehead atoms. The number of halogens is 1. The highest BCUT2D eigenvalue weighted by molar-refractivity contribution is 7.99. The van der Waals surface area contributed by atoms with E-state index in [-0.39, 0.29) is 12.2 Å². The van der Waals surface area contributed by atoms with Crippen molar-refractivity contribution in [2.45, 2.75) is 36.2 Å². The van der Waals surface area contributed by atoms with Crippen molar-refractivity contribution in [3.05, 3.63) is 95.3 Å². The van der Waals surface area contributed by atoms with Gasteiger partial charge in [-0.15, -0.1) is 0 Å². The first kappa shape index (κ1) is 21.1. The van der Waals surface area contributed by atoms with Crippen LogP contribution in [0.2, 0.25) is 0 Å². The smallest absolute Gasteiger partial charge is 0.304 e. The number of aryl methyl sites for hydroxylation is 1. The van der Waals surface area contributed by atoms with Gasteiger partial charge in [-0.3, -0.25) is 9.69 Å². The molecule has 5 heteroatoms. The summed E-state index contributed by atoms with van der Waals surface area (Å²) in [5.74, 6) is -1.04. The van der Waals surface area contributed by atoms with Crippen LogP contribution in [0.1, 0.15) is 23.1 Å². The highest BCUT2D eigenvalue weighted by atomic mass is 32.2. The highest BCUT2D eigenvalue weighted by Gasteiger charge is 2.11. The molecule has 3 aromatic rings. The largest absolute Gasteiger partial charge is 0.481 e. The number of aliphatic carboxylic acids is 1. The van der Waals surface area contributed by atoms with Crippen LogP contribution < -0.4 is 0 Å². The Morgan fingerprint density at radius 2 is 1.55 bits per heavy atom. The van der Waals surface area contributed by atoms with Crippen LogP contribution in [-0.4, -0.2) is 22.5 Å². The lowest BCUT2D eigenvalue weighted by molar-refractivity contribution is -0.137. The summed E-state index contributed by atoms with van der Waals surface area (Å²) in [5, 5.41) is 9.11. The molecule has 0 unspecified atom stereocenters. The van der Waals surface area contributed by atoms with Crippen LogP contribution in [0.25, 0.3) is 0 Å². The van der Waals surface area contributed by atoms with Crippen molar-refractivity contribution in [3.8, 4) is 0 Å². The second kappa shape index (κ2) is 10.2. The number of carboxylic acids is 1. The van der Waals surface area contributed by atoms with E-state index in [1.54, 1.807) is 6.07 Å². The molecule has 150 valence electrons. The van der Waals surface area contributed by atoms with Crippen LogP contribution in [0.4, 0.5) is 4.39 Å². The van der Waals surface area contributed by atoms with Crippen molar-refractivity contribution in [3.63, 3.8) is 0 Å². The Bertz CT molecular complexity index is 976. The molecule has 0 aliphatic carbocycles. The van der Waals surface area contributed by atoms with Gasteiger partial charge in [0.15, 0.2) is 0 Å². The second-order valence-corrected chi connectivity index (χ2v) is 8.20. The zero-order valence-electron chi connectivity index (χ0n) is 16.3. The summed E-state index contributed by atoms with van der Waals surface area (Å²) in [7, 11) is 0. The molecule has 0 saturated carbocycles. The molecular formula is C24H24FNO2S. The molecule has 0 aromatic heterocycles. The number of carbonyl (C=O) groups is 1. The minimum Gasteiger partial charge on any atom is -0.481 e. The molecule has 0 spiro atoms. The summed E-state index contributed by atoms with van der Waals surface area (Å²) in [4.78, 5) is 15.1. The fourth-order valence-corrected chi connectivity index (χ4v) is 4.12. The Hall–Kier alpha value is -2.63. The Morgan fingerprint density at radius 3 is 2.21 bits per heavy atom. The SMILES string of the molecule is Cc1cccc(CN(CCC(=O)O)Cc2cccc(Sc3cccc(F)c3)c2)c1.